The molecule has 0 unspecified atom stereocenters. The van der Waals surface area contributed by atoms with Crippen molar-refractivity contribution in [3.8, 4) is 0 Å². The minimum absolute atomic E-state index is 0.168. The second kappa shape index (κ2) is 13.3. The lowest BCUT2D eigenvalue weighted by Gasteiger charge is -2.24. The zero-order valence-corrected chi connectivity index (χ0v) is 23.0. The summed E-state index contributed by atoms with van der Waals surface area (Å²) in [5.41, 5.74) is 2.74. The van der Waals surface area contributed by atoms with E-state index < -0.39 is 22.1 Å². The van der Waals surface area contributed by atoms with Crippen molar-refractivity contribution in [3.05, 3.63) is 90.0 Å². The first kappa shape index (κ1) is 28.2. The Kier molecular flexibility index (Phi) is 9.59. The highest BCUT2D eigenvalue weighted by Crippen LogP contribution is 2.23. The van der Waals surface area contributed by atoms with Crippen LogP contribution in [0.25, 0.3) is 0 Å². The summed E-state index contributed by atoms with van der Waals surface area (Å²) < 4.78 is 27.8. The largest absolute Gasteiger partial charge is 0.354 e. The summed E-state index contributed by atoms with van der Waals surface area (Å²) in [6.07, 6.45) is 6.25. The molecule has 206 valence electrons. The molecule has 1 aliphatic rings. The van der Waals surface area contributed by atoms with Crippen molar-refractivity contribution >= 4 is 33.3 Å². The van der Waals surface area contributed by atoms with Gasteiger partial charge >= 0.3 is 6.03 Å². The Morgan fingerprint density at radius 3 is 2.15 bits per heavy atom. The number of carbonyl (C=O) groups excluding carboxylic acids is 2. The Morgan fingerprint density at radius 1 is 0.846 bits per heavy atom. The van der Waals surface area contributed by atoms with Crippen molar-refractivity contribution in [1.82, 2.24) is 10.6 Å². The van der Waals surface area contributed by atoms with Gasteiger partial charge in [-0.2, -0.15) is 0 Å². The molecule has 1 fully saturated rings. The van der Waals surface area contributed by atoms with Crippen LogP contribution in [0.4, 0.5) is 16.2 Å². The van der Waals surface area contributed by atoms with Crippen LogP contribution in [0.3, 0.4) is 0 Å². The van der Waals surface area contributed by atoms with Crippen molar-refractivity contribution in [2.24, 2.45) is 5.92 Å². The summed E-state index contributed by atoms with van der Waals surface area (Å²) in [6, 6.07) is 21.2. The second-order valence-corrected chi connectivity index (χ2v) is 11.8. The van der Waals surface area contributed by atoms with E-state index in [1.165, 1.54) is 19.3 Å². The minimum Gasteiger partial charge on any atom is -0.354 e. The fourth-order valence-corrected chi connectivity index (χ4v) is 5.76. The maximum Gasteiger partial charge on any atom is 0.319 e. The molecule has 1 aliphatic carbocycles. The SMILES string of the molecule is Cc1ccc(S(=O)(=O)Nc2ccc(NC(=O)N[C@H](Cc3ccccc3)C(=O)NCC3CCCCC3)cc2)cc1. The van der Waals surface area contributed by atoms with E-state index in [1.807, 2.05) is 37.3 Å². The Hall–Kier alpha value is -3.85. The molecule has 0 aromatic heterocycles. The van der Waals surface area contributed by atoms with Gasteiger partial charge < -0.3 is 16.0 Å². The third-order valence-corrected chi connectivity index (χ3v) is 8.32. The molecule has 39 heavy (non-hydrogen) atoms. The van der Waals surface area contributed by atoms with Crippen molar-refractivity contribution in [2.75, 3.05) is 16.6 Å². The predicted molar refractivity (Wildman–Crippen MR) is 154 cm³/mol. The molecule has 4 N–H and O–H groups in total. The Labute approximate surface area is 230 Å². The summed E-state index contributed by atoms with van der Waals surface area (Å²) in [7, 11) is -3.73. The van der Waals surface area contributed by atoms with Gasteiger partial charge in [0.15, 0.2) is 0 Å². The lowest BCUT2D eigenvalue weighted by atomic mass is 9.89. The van der Waals surface area contributed by atoms with Crippen LogP contribution in [0.15, 0.2) is 83.8 Å². The molecule has 9 heteroatoms. The molecule has 0 heterocycles. The van der Waals surface area contributed by atoms with E-state index in [2.05, 4.69) is 20.7 Å². The molecule has 1 saturated carbocycles. The summed E-state index contributed by atoms with van der Waals surface area (Å²) >= 11 is 0. The number of carbonyl (C=O) groups is 2. The zero-order chi connectivity index (χ0) is 27.7. The highest BCUT2D eigenvalue weighted by atomic mass is 32.2. The normalized spacial score (nSPS) is 14.7. The quantitative estimate of drug-likeness (QED) is 0.278. The van der Waals surface area contributed by atoms with E-state index in [4.69, 9.17) is 0 Å². The third-order valence-electron chi connectivity index (χ3n) is 6.92. The highest BCUT2D eigenvalue weighted by Gasteiger charge is 2.23. The zero-order valence-electron chi connectivity index (χ0n) is 22.2. The van der Waals surface area contributed by atoms with Gasteiger partial charge in [0, 0.05) is 24.3 Å². The van der Waals surface area contributed by atoms with Gasteiger partial charge in [0.2, 0.25) is 5.91 Å². The maximum absolute atomic E-state index is 13.1. The maximum atomic E-state index is 13.1. The number of sulfonamides is 1. The molecule has 8 nitrogen and oxygen atoms in total. The van der Waals surface area contributed by atoms with E-state index in [-0.39, 0.29) is 10.8 Å². The van der Waals surface area contributed by atoms with Gasteiger partial charge in [-0.25, -0.2) is 13.2 Å². The van der Waals surface area contributed by atoms with Crippen molar-refractivity contribution in [3.63, 3.8) is 0 Å². The number of rotatable bonds is 10. The number of aryl methyl sites for hydroxylation is 1. The first-order valence-corrected chi connectivity index (χ1v) is 14.9. The van der Waals surface area contributed by atoms with Crippen LogP contribution in [-0.4, -0.2) is 32.9 Å². The van der Waals surface area contributed by atoms with Crippen LogP contribution < -0.4 is 20.7 Å². The molecular formula is C30H36N4O4S. The number of urea groups is 1. The van der Waals surface area contributed by atoms with Gasteiger partial charge in [-0.05, 0) is 67.6 Å². The van der Waals surface area contributed by atoms with Crippen LogP contribution in [0.5, 0.6) is 0 Å². The summed E-state index contributed by atoms with van der Waals surface area (Å²) in [5.74, 6) is 0.274. The van der Waals surface area contributed by atoms with E-state index in [0.29, 0.717) is 30.3 Å². The van der Waals surface area contributed by atoms with Crippen molar-refractivity contribution < 1.29 is 18.0 Å². The van der Waals surface area contributed by atoms with Gasteiger partial charge in [-0.3, -0.25) is 9.52 Å². The number of amides is 3. The first-order valence-electron chi connectivity index (χ1n) is 13.4. The molecular weight excluding hydrogens is 512 g/mol. The Morgan fingerprint density at radius 2 is 1.49 bits per heavy atom. The molecule has 4 rings (SSSR count). The van der Waals surface area contributed by atoms with Crippen molar-refractivity contribution in [2.45, 2.75) is 56.4 Å². The second-order valence-electron chi connectivity index (χ2n) is 10.1. The molecule has 1 atom stereocenters. The van der Waals surface area contributed by atoms with Crippen LogP contribution in [-0.2, 0) is 21.2 Å². The standard InChI is InChI=1S/C30H36N4O4S/c1-22-12-18-27(19-13-22)39(37,38)34-26-16-14-25(15-17-26)32-30(36)33-28(20-23-8-4-2-5-9-23)29(35)31-21-24-10-6-3-7-11-24/h2,4-5,8-9,12-19,24,28,34H,3,6-7,10-11,20-21H2,1H3,(H,31,35)(H2,32,33,36)/t28-/m1/s1. The van der Waals surface area contributed by atoms with Crippen LogP contribution in [0.2, 0.25) is 0 Å². The number of anilines is 2. The van der Waals surface area contributed by atoms with Crippen LogP contribution >= 0.6 is 0 Å². The first-order chi connectivity index (χ1) is 18.8. The molecule has 0 aliphatic heterocycles. The van der Waals surface area contributed by atoms with Crippen LogP contribution in [0.1, 0.15) is 43.2 Å². The van der Waals surface area contributed by atoms with E-state index in [9.17, 15) is 18.0 Å². The number of nitrogens with one attached hydrogen (secondary N) is 4. The fourth-order valence-electron chi connectivity index (χ4n) is 4.70. The van der Waals surface area contributed by atoms with Gasteiger partial charge in [0.1, 0.15) is 6.04 Å². The average Bonchev–Trinajstić information content (AvgIpc) is 2.93. The fraction of sp³-hybridized carbons (Fsp3) is 0.333. The molecule has 0 radical (unpaired) electrons. The summed E-state index contributed by atoms with van der Waals surface area (Å²) in [5, 5.41) is 8.59. The minimum atomic E-state index is -3.73. The topological polar surface area (TPSA) is 116 Å². The number of benzene rings is 3. The van der Waals surface area contributed by atoms with E-state index in [1.54, 1.807) is 48.5 Å². The molecule has 0 saturated heterocycles. The summed E-state index contributed by atoms with van der Waals surface area (Å²) in [4.78, 5) is 26.1. The summed E-state index contributed by atoms with van der Waals surface area (Å²) in [6.45, 7) is 2.51. The third kappa shape index (κ3) is 8.58. The Balaban J connectivity index is 1.35. The molecule has 3 aromatic rings. The number of hydrogen-bond donors (Lipinski definition) is 4. The van der Waals surface area contributed by atoms with E-state index in [0.717, 1.165) is 24.0 Å². The van der Waals surface area contributed by atoms with Crippen molar-refractivity contribution in [1.29, 1.82) is 0 Å². The van der Waals surface area contributed by atoms with Gasteiger partial charge in [0.25, 0.3) is 10.0 Å². The number of hydrogen-bond acceptors (Lipinski definition) is 4. The monoisotopic (exact) mass is 548 g/mol. The molecule has 3 amide bonds. The molecule has 0 bridgehead atoms. The predicted octanol–water partition coefficient (Wildman–Crippen LogP) is 5.23. The average molecular weight is 549 g/mol. The van der Waals surface area contributed by atoms with E-state index >= 15 is 0 Å². The molecule has 3 aromatic carbocycles. The smallest absolute Gasteiger partial charge is 0.319 e. The van der Waals surface area contributed by atoms with Gasteiger partial charge in [-0.1, -0.05) is 67.3 Å². The molecule has 0 spiro atoms. The Bertz CT molecular complexity index is 1340. The lowest BCUT2D eigenvalue weighted by molar-refractivity contribution is -0.123. The highest BCUT2D eigenvalue weighted by molar-refractivity contribution is 7.92. The van der Waals surface area contributed by atoms with Crippen LogP contribution in [0, 0.1) is 12.8 Å². The van der Waals surface area contributed by atoms with Gasteiger partial charge in [-0.15, -0.1) is 0 Å². The van der Waals surface area contributed by atoms with Gasteiger partial charge in [0.05, 0.1) is 4.90 Å². The lowest BCUT2D eigenvalue weighted by Crippen LogP contribution is -2.50.